The maximum atomic E-state index is 12.9. The summed E-state index contributed by atoms with van der Waals surface area (Å²) in [4.78, 5) is 38.8. The van der Waals surface area contributed by atoms with Gasteiger partial charge in [0.15, 0.2) is 11.6 Å². The number of rotatable bonds is 2. The molecule has 0 spiro atoms. The Bertz CT molecular complexity index is 912. The third-order valence-electron chi connectivity index (χ3n) is 4.62. The van der Waals surface area contributed by atoms with E-state index >= 15 is 0 Å². The number of benzene rings is 2. The normalized spacial score (nSPS) is 16.4. The van der Waals surface area contributed by atoms with Crippen molar-refractivity contribution in [3.63, 3.8) is 0 Å². The van der Waals surface area contributed by atoms with Crippen LogP contribution in [0, 0.1) is 0 Å². The first-order chi connectivity index (χ1) is 12.1. The molecular formula is C19H15NO5. The van der Waals surface area contributed by atoms with Crippen molar-refractivity contribution >= 4 is 23.2 Å². The number of fused-ring (bicyclic) bond motifs is 2. The Hall–Kier alpha value is -2.99. The van der Waals surface area contributed by atoms with Gasteiger partial charge in [0, 0.05) is 41.0 Å². The minimum atomic E-state index is -1.13. The van der Waals surface area contributed by atoms with Gasteiger partial charge in [-0.15, -0.1) is 0 Å². The number of carboxylic acids is 1. The highest BCUT2D eigenvalue weighted by molar-refractivity contribution is 6.29. The molecule has 0 amide bonds. The van der Waals surface area contributed by atoms with Gasteiger partial charge in [0.05, 0.1) is 18.8 Å². The average Bonchev–Trinajstić information content (AvgIpc) is 2.66. The molecule has 0 radical (unpaired) electrons. The highest BCUT2D eigenvalue weighted by Crippen LogP contribution is 2.31. The number of hydrogen-bond donors (Lipinski definition) is 1. The summed E-state index contributed by atoms with van der Waals surface area (Å²) in [6.07, 6.45) is 0. The Kier molecular flexibility index (Phi) is 3.62. The second-order valence-electron chi connectivity index (χ2n) is 6.05. The molecule has 126 valence electrons. The quantitative estimate of drug-likeness (QED) is 0.770. The Morgan fingerprint density at radius 3 is 2.16 bits per heavy atom. The first-order valence-corrected chi connectivity index (χ1v) is 8.00. The Labute approximate surface area is 143 Å². The Morgan fingerprint density at radius 1 is 0.880 bits per heavy atom. The molecule has 0 atom stereocenters. The number of aromatic carboxylic acids is 1. The van der Waals surface area contributed by atoms with Crippen LogP contribution in [0.3, 0.4) is 0 Å². The lowest BCUT2D eigenvalue weighted by Crippen LogP contribution is -2.36. The van der Waals surface area contributed by atoms with Crippen molar-refractivity contribution in [2.45, 2.75) is 0 Å². The number of anilines is 1. The van der Waals surface area contributed by atoms with E-state index in [1.165, 1.54) is 18.2 Å². The average molecular weight is 337 g/mol. The summed E-state index contributed by atoms with van der Waals surface area (Å²) in [7, 11) is 0. The van der Waals surface area contributed by atoms with Gasteiger partial charge in [-0.05, 0) is 36.4 Å². The summed E-state index contributed by atoms with van der Waals surface area (Å²) in [6.45, 7) is 2.69. The van der Waals surface area contributed by atoms with E-state index < -0.39 is 5.97 Å². The van der Waals surface area contributed by atoms with Crippen LogP contribution in [0.1, 0.15) is 42.2 Å². The fourth-order valence-electron chi connectivity index (χ4n) is 3.29. The van der Waals surface area contributed by atoms with Crippen LogP contribution in [0.2, 0.25) is 0 Å². The molecule has 4 rings (SSSR count). The van der Waals surface area contributed by atoms with Gasteiger partial charge in [0.1, 0.15) is 0 Å². The first-order valence-electron chi connectivity index (χ1n) is 8.00. The molecule has 1 aliphatic heterocycles. The van der Waals surface area contributed by atoms with E-state index in [0.29, 0.717) is 24.3 Å². The smallest absolute Gasteiger partial charge is 0.335 e. The monoisotopic (exact) mass is 337 g/mol. The summed E-state index contributed by atoms with van der Waals surface area (Å²) in [5.41, 5.74) is 1.94. The fraction of sp³-hybridized carbons (Fsp3) is 0.211. The molecule has 0 aromatic heterocycles. The number of ether oxygens (including phenoxy) is 1. The van der Waals surface area contributed by atoms with Crippen molar-refractivity contribution in [1.82, 2.24) is 0 Å². The van der Waals surface area contributed by atoms with E-state index in [2.05, 4.69) is 4.90 Å². The molecule has 2 aromatic carbocycles. The van der Waals surface area contributed by atoms with Gasteiger partial charge in [-0.25, -0.2) is 4.79 Å². The predicted octanol–water partition coefficient (Wildman–Crippen LogP) is 2.00. The zero-order valence-corrected chi connectivity index (χ0v) is 13.3. The molecular weight excluding hydrogens is 322 g/mol. The lowest BCUT2D eigenvalue weighted by molar-refractivity contribution is 0.0696. The first kappa shape index (κ1) is 15.5. The van der Waals surface area contributed by atoms with Gasteiger partial charge in [0.2, 0.25) is 0 Å². The molecule has 1 saturated heterocycles. The van der Waals surface area contributed by atoms with Crippen molar-refractivity contribution < 1.29 is 24.2 Å². The van der Waals surface area contributed by atoms with E-state index in [-0.39, 0.29) is 28.3 Å². The molecule has 2 aromatic rings. The van der Waals surface area contributed by atoms with Crippen molar-refractivity contribution in [3.8, 4) is 0 Å². The van der Waals surface area contributed by atoms with E-state index in [9.17, 15) is 14.4 Å². The van der Waals surface area contributed by atoms with Crippen LogP contribution in [0.15, 0.2) is 36.4 Å². The molecule has 0 saturated carbocycles. The van der Waals surface area contributed by atoms with Crippen LogP contribution < -0.4 is 4.90 Å². The van der Waals surface area contributed by atoms with E-state index in [4.69, 9.17) is 9.84 Å². The van der Waals surface area contributed by atoms with E-state index in [1.807, 2.05) is 6.07 Å². The molecule has 1 heterocycles. The van der Waals surface area contributed by atoms with Gasteiger partial charge in [-0.3, -0.25) is 9.59 Å². The van der Waals surface area contributed by atoms with Crippen molar-refractivity contribution in [1.29, 1.82) is 0 Å². The number of carbonyl (C=O) groups excluding carboxylic acids is 2. The minimum Gasteiger partial charge on any atom is -0.478 e. The zero-order valence-electron chi connectivity index (χ0n) is 13.3. The van der Waals surface area contributed by atoms with E-state index in [1.54, 1.807) is 12.1 Å². The van der Waals surface area contributed by atoms with Crippen molar-refractivity contribution in [3.05, 3.63) is 64.2 Å². The third-order valence-corrected chi connectivity index (χ3v) is 4.62. The maximum Gasteiger partial charge on any atom is 0.335 e. The number of morpholine rings is 1. The second kappa shape index (κ2) is 5.82. The molecule has 25 heavy (non-hydrogen) atoms. The molecule has 1 N–H and O–H groups in total. The number of hydrogen-bond acceptors (Lipinski definition) is 5. The van der Waals surface area contributed by atoms with Crippen molar-refractivity contribution in [2.75, 3.05) is 31.2 Å². The second-order valence-corrected chi connectivity index (χ2v) is 6.05. The summed E-state index contributed by atoms with van der Waals surface area (Å²) in [5, 5.41) is 9.13. The molecule has 6 nitrogen and oxygen atoms in total. The summed E-state index contributed by atoms with van der Waals surface area (Å²) in [6, 6.07) is 9.27. The molecule has 2 aliphatic rings. The van der Waals surface area contributed by atoms with Crippen LogP contribution in [-0.4, -0.2) is 48.9 Å². The highest BCUT2D eigenvalue weighted by atomic mass is 16.5. The maximum absolute atomic E-state index is 12.9. The van der Waals surface area contributed by atoms with Gasteiger partial charge in [0.25, 0.3) is 0 Å². The van der Waals surface area contributed by atoms with Crippen LogP contribution >= 0.6 is 0 Å². The summed E-state index contributed by atoms with van der Waals surface area (Å²) < 4.78 is 5.34. The molecule has 0 bridgehead atoms. The van der Waals surface area contributed by atoms with Crippen LogP contribution in [-0.2, 0) is 4.74 Å². The van der Waals surface area contributed by atoms with Crippen molar-refractivity contribution in [2.24, 2.45) is 0 Å². The fourth-order valence-corrected chi connectivity index (χ4v) is 3.29. The molecule has 6 heteroatoms. The lowest BCUT2D eigenvalue weighted by atomic mass is 9.83. The summed E-state index contributed by atoms with van der Waals surface area (Å²) in [5.74, 6) is -1.70. The number of carbonyl (C=O) groups is 3. The lowest BCUT2D eigenvalue weighted by Gasteiger charge is -2.30. The number of nitrogens with zero attached hydrogens (tertiary/aromatic N) is 1. The highest BCUT2D eigenvalue weighted by Gasteiger charge is 2.31. The van der Waals surface area contributed by atoms with Crippen LogP contribution in [0.25, 0.3) is 0 Å². The van der Waals surface area contributed by atoms with Gasteiger partial charge >= 0.3 is 5.97 Å². The molecule has 0 unspecified atom stereocenters. The Balaban J connectivity index is 1.79. The third kappa shape index (κ3) is 2.51. The zero-order chi connectivity index (χ0) is 17.6. The van der Waals surface area contributed by atoms with E-state index in [0.717, 1.165) is 18.8 Å². The largest absolute Gasteiger partial charge is 0.478 e. The Morgan fingerprint density at radius 2 is 1.48 bits per heavy atom. The number of ketones is 2. The standard InChI is InChI=1S/C19H15NO5/c21-17-13-3-1-11(19(23)24)9-15(13)18(22)16-10-12(2-4-14(16)17)20-5-7-25-8-6-20/h1-4,9-10H,5-8H2,(H,23,24). The summed E-state index contributed by atoms with van der Waals surface area (Å²) >= 11 is 0. The predicted molar refractivity (Wildman–Crippen MR) is 89.7 cm³/mol. The SMILES string of the molecule is O=C(O)c1ccc2c(c1)C(=O)c1cc(N3CCOCC3)ccc1C2=O. The topological polar surface area (TPSA) is 83.9 Å². The van der Waals surface area contributed by atoms with Crippen LogP contribution in [0.4, 0.5) is 5.69 Å². The van der Waals surface area contributed by atoms with Gasteiger partial charge in [-0.1, -0.05) is 0 Å². The minimum absolute atomic E-state index is 0.00677. The number of carboxylic acid groups (broad SMARTS) is 1. The molecule has 1 aliphatic carbocycles. The van der Waals surface area contributed by atoms with Gasteiger partial charge < -0.3 is 14.7 Å². The van der Waals surface area contributed by atoms with Crippen LogP contribution in [0.5, 0.6) is 0 Å². The molecule has 1 fully saturated rings. The van der Waals surface area contributed by atoms with Gasteiger partial charge in [-0.2, -0.15) is 0 Å².